The van der Waals surface area contributed by atoms with Crippen LogP contribution in [0.15, 0.2) is 18.3 Å². The average Bonchev–Trinajstić information content (AvgIpc) is 3.34. The number of aromatic nitrogens is 2. The smallest absolute Gasteiger partial charge is 0.157 e. The van der Waals surface area contributed by atoms with E-state index in [-0.39, 0.29) is 29.5 Å². The molecule has 2 aromatic rings. The fourth-order valence-electron chi connectivity index (χ4n) is 9.56. The Labute approximate surface area is 208 Å². The molecule has 0 radical (unpaired) electrons. The second-order valence-corrected chi connectivity index (χ2v) is 13.5. The van der Waals surface area contributed by atoms with Crippen LogP contribution in [0.4, 0.5) is 4.39 Å². The largest absolute Gasteiger partial charge is 0.390 e. The number of rotatable bonds is 3. The molecule has 4 saturated carbocycles. The highest BCUT2D eigenvalue weighted by Gasteiger charge is 2.61. The van der Waals surface area contributed by atoms with Crippen molar-refractivity contribution >= 4 is 16.7 Å². The lowest BCUT2D eigenvalue weighted by Crippen LogP contribution is -2.55. The molecule has 6 rings (SSSR count). The maximum Gasteiger partial charge on any atom is 0.157 e. The van der Waals surface area contributed by atoms with Crippen molar-refractivity contribution in [3.8, 4) is 0 Å². The van der Waals surface area contributed by atoms with E-state index in [9.17, 15) is 14.3 Å². The van der Waals surface area contributed by atoms with Gasteiger partial charge in [-0.3, -0.25) is 9.48 Å². The summed E-state index contributed by atoms with van der Waals surface area (Å²) in [6, 6.07) is 3.34. The Kier molecular flexibility index (Phi) is 5.32. The third-order valence-corrected chi connectivity index (χ3v) is 11.6. The molecule has 5 heteroatoms. The molecule has 4 aliphatic carbocycles. The van der Waals surface area contributed by atoms with Crippen molar-refractivity contribution in [1.29, 1.82) is 0 Å². The number of carbonyl (C=O) groups excluding carboxylic acids is 1. The number of ketones is 1. The van der Waals surface area contributed by atoms with Gasteiger partial charge < -0.3 is 5.11 Å². The van der Waals surface area contributed by atoms with Gasteiger partial charge >= 0.3 is 0 Å². The van der Waals surface area contributed by atoms with Crippen molar-refractivity contribution in [2.24, 2.45) is 40.4 Å². The van der Waals surface area contributed by atoms with E-state index >= 15 is 0 Å². The van der Waals surface area contributed by atoms with Gasteiger partial charge in [-0.1, -0.05) is 13.8 Å². The van der Waals surface area contributed by atoms with Crippen LogP contribution in [0, 0.1) is 53.2 Å². The first kappa shape index (κ1) is 23.6. The molecule has 1 heterocycles. The van der Waals surface area contributed by atoms with Gasteiger partial charge in [0.25, 0.3) is 0 Å². The Hall–Kier alpha value is -1.75. The van der Waals surface area contributed by atoms with Crippen LogP contribution < -0.4 is 0 Å². The van der Waals surface area contributed by atoms with Crippen LogP contribution in [-0.2, 0) is 11.3 Å². The van der Waals surface area contributed by atoms with Crippen molar-refractivity contribution in [2.75, 3.05) is 0 Å². The first-order valence-electron chi connectivity index (χ1n) is 13.9. The van der Waals surface area contributed by atoms with E-state index in [0.29, 0.717) is 34.2 Å². The molecule has 4 fully saturated rings. The fourth-order valence-corrected chi connectivity index (χ4v) is 9.56. The zero-order valence-electron chi connectivity index (χ0n) is 21.8. The Bertz CT molecular complexity index is 1170. The molecule has 4 aliphatic rings. The minimum Gasteiger partial charge on any atom is -0.390 e. The van der Waals surface area contributed by atoms with Gasteiger partial charge in [0.15, 0.2) is 5.78 Å². The number of carbonyl (C=O) groups is 1. The van der Waals surface area contributed by atoms with Crippen LogP contribution in [0.5, 0.6) is 0 Å². The first-order chi connectivity index (χ1) is 16.5. The second kappa shape index (κ2) is 7.87. The number of benzene rings is 1. The second-order valence-electron chi connectivity index (χ2n) is 13.5. The fraction of sp³-hybridized carbons (Fsp3) is 0.733. The minimum absolute atomic E-state index is 0.0619. The van der Waals surface area contributed by atoms with Gasteiger partial charge in [0.2, 0.25) is 0 Å². The van der Waals surface area contributed by atoms with Gasteiger partial charge in [-0.05, 0) is 118 Å². The monoisotopic (exact) mass is 480 g/mol. The zero-order chi connectivity index (χ0) is 24.8. The van der Waals surface area contributed by atoms with E-state index in [1.165, 1.54) is 25.3 Å². The lowest BCUT2D eigenvalue weighted by Gasteiger charge is -2.61. The highest BCUT2D eigenvalue weighted by atomic mass is 19.1. The van der Waals surface area contributed by atoms with Crippen LogP contribution in [0.3, 0.4) is 0 Å². The quantitative estimate of drug-likeness (QED) is 0.548. The molecule has 8 atom stereocenters. The van der Waals surface area contributed by atoms with E-state index < -0.39 is 5.60 Å². The SMILES string of the molecule is Cc1cc2cnn(CC(=O)[C@H]3CC[C@H]4[C@@H]5CC[C@@H]6C[C@](C)(O)CC[C@]6(C)[C@H]5CC[C@]34C)c2cc1F. The number of halogens is 1. The van der Waals surface area contributed by atoms with Crippen molar-refractivity contribution in [3.63, 3.8) is 0 Å². The zero-order valence-corrected chi connectivity index (χ0v) is 21.8. The molecule has 0 spiro atoms. The highest BCUT2D eigenvalue weighted by molar-refractivity contribution is 5.85. The lowest BCUT2D eigenvalue weighted by atomic mass is 9.44. The van der Waals surface area contributed by atoms with Gasteiger partial charge in [-0.25, -0.2) is 4.39 Å². The van der Waals surface area contributed by atoms with Gasteiger partial charge in [0, 0.05) is 17.4 Å². The van der Waals surface area contributed by atoms with Crippen molar-refractivity contribution in [2.45, 2.75) is 97.6 Å². The Balaban J connectivity index is 1.22. The van der Waals surface area contributed by atoms with Crippen molar-refractivity contribution < 1.29 is 14.3 Å². The summed E-state index contributed by atoms with van der Waals surface area (Å²) < 4.78 is 15.9. The van der Waals surface area contributed by atoms with Gasteiger partial charge in [-0.15, -0.1) is 0 Å². The Morgan fingerprint density at radius 2 is 1.83 bits per heavy atom. The maximum absolute atomic E-state index is 14.2. The highest BCUT2D eigenvalue weighted by Crippen LogP contribution is 2.68. The summed E-state index contributed by atoms with van der Waals surface area (Å²) >= 11 is 0. The van der Waals surface area contributed by atoms with E-state index in [1.807, 2.05) is 13.0 Å². The third kappa shape index (κ3) is 3.54. The Morgan fingerprint density at radius 3 is 2.63 bits per heavy atom. The van der Waals surface area contributed by atoms with Crippen LogP contribution in [0.2, 0.25) is 0 Å². The molecule has 0 unspecified atom stereocenters. The summed E-state index contributed by atoms with van der Waals surface area (Å²) in [5, 5.41) is 16.1. The number of nitrogens with zero attached hydrogens (tertiary/aromatic N) is 2. The summed E-state index contributed by atoms with van der Waals surface area (Å²) in [6.45, 7) is 8.95. The molecular weight excluding hydrogens is 439 g/mol. The molecule has 1 aromatic carbocycles. The number of Topliss-reactive ketones (excluding diaryl/α,β-unsaturated/α-hetero) is 1. The molecule has 0 aliphatic heterocycles. The summed E-state index contributed by atoms with van der Waals surface area (Å²) in [5.41, 5.74) is 1.22. The normalized spacial score (nSPS) is 43.0. The molecule has 35 heavy (non-hydrogen) atoms. The Morgan fingerprint density at radius 1 is 1.06 bits per heavy atom. The van der Waals surface area contributed by atoms with Crippen LogP contribution in [-0.4, -0.2) is 26.3 Å². The number of hydrogen-bond donors (Lipinski definition) is 1. The lowest BCUT2D eigenvalue weighted by molar-refractivity contribution is -0.151. The minimum atomic E-state index is -0.497. The topological polar surface area (TPSA) is 55.1 Å². The standard InChI is InChI=1S/C30H41FN2O2/c1-18-13-19-16-32-33(26(19)14-25(18)31)17-27(34)24-8-7-22-21-6-5-20-15-28(2,35)11-12-29(20,3)23(21)9-10-30(22,24)4/h13-14,16,20-24,35H,5-12,15,17H2,1-4H3/t20-,21+,22+,23+,24-,28-,29+,30+/m1/s1. The van der Waals surface area contributed by atoms with Crippen LogP contribution >= 0.6 is 0 Å². The van der Waals surface area contributed by atoms with Crippen LogP contribution in [0.25, 0.3) is 10.9 Å². The molecule has 4 nitrogen and oxygen atoms in total. The van der Waals surface area contributed by atoms with Gasteiger partial charge in [0.1, 0.15) is 12.4 Å². The molecule has 0 saturated heterocycles. The van der Waals surface area contributed by atoms with E-state index in [4.69, 9.17) is 0 Å². The average molecular weight is 481 g/mol. The molecule has 0 bridgehead atoms. The van der Waals surface area contributed by atoms with Crippen molar-refractivity contribution in [1.82, 2.24) is 9.78 Å². The molecule has 190 valence electrons. The molecular formula is C30H41FN2O2. The summed E-state index contributed by atoms with van der Waals surface area (Å²) in [5.74, 6) is 2.78. The first-order valence-corrected chi connectivity index (χ1v) is 13.9. The van der Waals surface area contributed by atoms with E-state index in [1.54, 1.807) is 17.8 Å². The van der Waals surface area contributed by atoms with E-state index in [0.717, 1.165) is 49.8 Å². The molecule has 1 N–H and O–H groups in total. The predicted molar refractivity (Wildman–Crippen MR) is 135 cm³/mol. The summed E-state index contributed by atoms with van der Waals surface area (Å²) in [7, 11) is 0. The number of hydrogen-bond acceptors (Lipinski definition) is 3. The summed E-state index contributed by atoms with van der Waals surface area (Å²) in [4.78, 5) is 13.7. The van der Waals surface area contributed by atoms with Gasteiger partial charge in [0.05, 0.1) is 17.3 Å². The number of aryl methyl sites for hydroxylation is 1. The number of fused-ring (bicyclic) bond motifs is 6. The predicted octanol–water partition coefficient (Wildman–Crippen LogP) is 6.46. The van der Waals surface area contributed by atoms with Crippen LogP contribution in [0.1, 0.15) is 84.1 Å². The number of aliphatic hydroxyl groups is 1. The van der Waals surface area contributed by atoms with Gasteiger partial charge in [-0.2, -0.15) is 5.10 Å². The molecule has 0 amide bonds. The van der Waals surface area contributed by atoms with Crippen molar-refractivity contribution in [3.05, 3.63) is 29.7 Å². The third-order valence-electron chi connectivity index (χ3n) is 11.6. The molecule has 1 aromatic heterocycles. The maximum atomic E-state index is 14.2. The summed E-state index contributed by atoms with van der Waals surface area (Å²) in [6.07, 6.45) is 11.7. The van der Waals surface area contributed by atoms with E-state index in [2.05, 4.69) is 18.9 Å².